The third kappa shape index (κ3) is 3.40. The molecule has 3 rings (SSSR count). The molecule has 1 atom stereocenters. The van der Waals surface area contributed by atoms with Crippen LogP contribution < -0.4 is 10.1 Å². The molecule has 110 valence electrons. The number of nitrogens with one attached hydrogen (secondary N) is 1. The van der Waals surface area contributed by atoms with Gasteiger partial charge in [-0.3, -0.25) is 0 Å². The number of halogens is 1. The predicted octanol–water partition coefficient (Wildman–Crippen LogP) is 4.47. The smallest absolute Gasteiger partial charge is 0.123 e. The summed E-state index contributed by atoms with van der Waals surface area (Å²) >= 11 is 2.32. The fourth-order valence-electron chi connectivity index (χ4n) is 2.99. The second-order valence-corrected chi connectivity index (χ2v) is 6.72. The Labute approximate surface area is 140 Å². The Kier molecular flexibility index (Phi) is 4.80. The van der Waals surface area contributed by atoms with Gasteiger partial charge in [-0.1, -0.05) is 24.3 Å². The number of benzene rings is 2. The molecule has 1 unspecified atom stereocenters. The summed E-state index contributed by atoms with van der Waals surface area (Å²) in [5, 5.41) is 3.41. The number of rotatable bonds is 4. The second-order valence-electron chi connectivity index (χ2n) is 5.47. The first-order chi connectivity index (χ1) is 10.3. The van der Waals surface area contributed by atoms with Gasteiger partial charge in [0.2, 0.25) is 0 Å². The SMILES string of the molecule is CNC1CCCc2c(OCc3ccc(I)cc3)cccc21. The fourth-order valence-corrected chi connectivity index (χ4v) is 3.35. The van der Waals surface area contributed by atoms with Gasteiger partial charge in [0.05, 0.1) is 0 Å². The van der Waals surface area contributed by atoms with Crippen molar-refractivity contribution < 1.29 is 4.74 Å². The molecule has 21 heavy (non-hydrogen) atoms. The van der Waals surface area contributed by atoms with Crippen molar-refractivity contribution in [2.24, 2.45) is 0 Å². The molecule has 1 N–H and O–H groups in total. The Hall–Kier alpha value is -1.07. The fraction of sp³-hybridized carbons (Fsp3) is 0.333. The van der Waals surface area contributed by atoms with Crippen molar-refractivity contribution >= 4 is 22.6 Å². The van der Waals surface area contributed by atoms with Gasteiger partial charge in [0.15, 0.2) is 0 Å². The van der Waals surface area contributed by atoms with Crippen LogP contribution in [-0.4, -0.2) is 7.05 Å². The van der Waals surface area contributed by atoms with Crippen LogP contribution in [0.25, 0.3) is 0 Å². The minimum absolute atomic E-state index is 0.468. The third-order valence-electron chi connectivity index (χ3n) is 4.12. The van der Waals surface area contributed by atoms with Crippen molar-refractivity contribution in [2.75, 3.05) is 7.05 Å². The Balaban J connectivity index is 1.78. The molecule has 1 aliphatic carbocycles. The number of fused-ring (bicyclic) bond motifs is 1. The summed E-state index contributed by atoms with van der Waals surface area (Å²) in [6.07, 6.45) is 3.56. The average molecular weight is 393 g/mol. The zero-order valence-corrected chi connectivity index (χ0v) is 14.4. The van der Waals surface area contributed by atoms with Crippen LogP contribution in [0.15, 0.2) is 42.5 Å². The van der Waals surface area contributed by atoms with Crippen molar-refractivity contribution in [1.29, 1.82) is 0 Å². The van der Waals surface area contributed by atoms with Gasteiger partial charge in [0.1, 0.15) is 12.4 Å². The van der Waals surface area contributed by atoms with Crippen LogP contribution in [0.3, 0.4) is 0 Å². The molecule has 0 bridgehead atoms. The molecule has 0 saturated carbocycles. The van der Waals surface area contributed by atoms with E-state index in [9.17, 15) is 0 Å². The average Bonchev–Trinajstić information content (AvgIpc) is 2.53. The van der Waals surface area contributed by atoms with Gasteiger partial charge in [-0.25, -0.2) is 0 Å². The number of ether oxygens (including phenoxy) is 1. The third-order valence-corrected chi connectivity index (χ3v) is 4.84. The van der Waals surface area contributed by atoms with E-state index in [-0.39, 0.29) is 0 Å². The first-order valence-corrected chi connectivity index (χ1v) is 8.52. The molecule has 0 fully saturated rings. The molecule has 2 aromatic rings. The van der Waals surface area contributed by atoms with Crippen LogP contribution in [-0.2, 0) is 13.0 Å². The summed E-state index contributed by atoms with van der Waals surface area (Å²) < 4.78 is 7.35. The maximum Gasteiger partial charge on any atom is 0.123 e. The summed E-state index contributed by atoms with van der Waals surface area (Å²) in [6.45, 7) is 0.637. The molecule has 3 heteroatoms. The summed E-state index contributed by atoms with van der Waals surface area (Å²) in [4.78, 5) is 0. The van der Waals surface area contributed by atoms with E-state index in [4.69, 9.17) is 4.74 Å². The molecule has 0 radical (unpaired) electrons. The zero-order chi connectivity index (χ0) is 14.7. The van der Waals surface area contributed by atoms with Gasteiger partial charge in [-0.15, -0.1) is 0 Å². The largest absolute Gasteiger partial charge is 0.489 e. The van der Waals surface area contributed by atoms with Crippen molar-refractivity contribution in [3.63, 3.8) is 0 Å². The summed E-state index contributed by atoms with van der Waals surface area (Å²) in [7, 11) is 2.04. The molecule has 0 saturated heterocycles. The number of hydrogen-bond acceptors (Lipinski definition) is 2. The second kappa shape index (κ2) is 6.79. The van der Waals surface area contributed by atoms with Crippen molar-refractivity contribution in [1.82, 2.24) is 5.32 Å². The molecule has 0 aliphatic heterocycles. The highest BCUT2D eigenvalue weighted by Crippen LogP contribution is 2.35. The van der Waals surface area contributed by atoms with Gasteiger partial charge in [-0.2, -0.15) is 0 Å². The molecule has 0 spiro atoms. The molecule has 0 heterocycles. The lowest BCUT2D eigenvalue weighted by Gasteiger charge is -2.26. The van der Waals surface area contributed by atoms with Crippen LogP contribution in [0.5, 0.6) is 5.75 Å². The normalized spacial score (nSPS) is 17.3. The van der Waals surface area contributed by atoms with Crippen LogP contribution in [0.4, 0.5) is 0 Å². The van der Waals surface area contributed by atoms with Crippen molar-refractivity contribution in [3.8, 4) is 5.75 Å². The molecule has 0 amide bonds. The van der Waals surface area contributed by atoms with Gasteiger partial charge in [0, 0.05) is 9.61 Å². The van der Waals surface area contributed by atoms with Crippen molar-refractivity contribution in [3.05, 3.63) is 62.7 Å². The van der Waals surface area contributed by atoms with Gasteiger partial charge >= 0.3 is 0 Å². The maximum atomic E-state index is 6.09. The van der Waals surface area contributed by atoms with E-state index in [2.05, 4.69) is 70.4 Å². The first kappa shape index (κ1) is 14.9. The predicted molar refractivity (Wildman–Crippen MR) is 94.7 cm³/mol. The minimum Gasteiger partial charge on any atom is -0.489 e. The van der Waals surface area contributed by atoms with E-state index in [1.807, 2.05) is 7.05 Å². The lowest BCUT2D eigenvalue weighted by atomic mass is 9.87. The van der Waals surface area contributed by atoms with Crippen LogP contribution in [0.1, 0.15) is 35.6 Å². The molecular formula is C18H20INO. The Morgan fingerprint density at radius 1 is 1.19 bits per heavy atom. The van der Waals surface area contributed by atoms with E-state index in [1.54, 1.807) is 0 Å². The van der Waals surface area contributed by atoms with Gasteiger partial charge < -0.3 is 10.1 Å². The van der Waals surface area contributed by atoms with Crippen LogP contribution in [0, 0.1) is 3.57 Å². The molecule has 2 nitrogen and oxygen atoms in total. The van der Waals surface area contributed by atoms with Gasteiger partial charge in [0.25, 0.3) is 0 Å². The van der Waals surface area contributed by atoms with E-state index >= 15 is 0 Å². The monoisotopic (exact) mass is 393 g/mol. The molecule has 0 aromatic heterocycles. The molecule has 2 aromatic carbocycles. The maximum absolute atomic E-state index is 6.09. The van der Waals surface area contributed by atoms with Crippen LogP contribution >= 0.6 is 22.6 Å². The summed E-state index contributed by atoms with van der Waals surface area (Å²) in [5.74, 6) is 1.05. The summed E-state index contributed by atoms with van der Waals surface area (Å²) in [5.41, 5.74) is 4.01. The van der Waals surface area contributed by atoms with Crippen LogP contribution in [0.2, 0.25) is 0 Å². The first-order valence-electron chi connectivity index (χ1n) is 7.44. The van der Waals surface area contributed by atoms with E-state index in [1.165, 1.54) is 33.1 Å². The Morgan fingerprint density at radius 3 is 2.76 bits per heavy atom. The zero-order valence-electron chi connectivity index (χ0n) is 12.2. The van der Waals surface area contributed by atoms with E-state index in [0.29, 0.717) is 12.6 Å². The highest BCUT2D eigenvalue weighted by atomic mass is 127. The van der Waals surface area contributed by atoms with Gasteiger partial charge in [-0.05, 0) is 83.8 Å². The highest BCUT2D eigenvalue weighted by molar-refractivity contribution is 14.1. The quantitative estimate of drug-likeness (QED) is 0.775. The highest BCUT2D eigenvalue weighted by Gasteiger charge is 2.21. The topological polar surface area (TPSA) is 21.3 Å². The lowest BCUT2D eigenvalue weighted by Crippen LogP contribution is -2.22. The van der Waals surface area contributed by atoms with E-state index in [0.717, 1.165) is 12.2 Å². The van der Waals surface area contributed by atoms with E-state index < -0.39 is 0 Å². The Morgan fingerprint density at radius 2 is 2.00 bits per heavy atom. The Bertz CT molecular complexity index is 609. The molecule has 1 aliphatic rings. The molecular weight excluding hydrogens is 373 g/mol. The van der Waals surface area contributed by atoms with Crippen molar-refractivity contribution in [2.45, 2.75) is 31.9 Å². The summed E-state index contributed by atoms with van der Waals surface area (Å²) in [6, 6.07) is 15.4. The lowest BCUT2D eigenvalue weighted by molar-refractivity contribution is 0.300. The number of hydrogen-bond donors (Lipinski definition) is 1. The minimum atomic E-state index is 0.468. The standard InChI is InChI=1S/C18H20INO/c1-20-17-6-2-5-16-15(17)4-3-7-18(16)21-12-13-8-10-14(19)11-9-13/h3-4,7-11,17,20H,2,5-6,12H2,1H3.